The summed E-state index contributed by atoms with van der Waals surface area (Å²) < 4.78 is 41.4. The van der Waals surface area contributed by atoms with Crippen LogP contribution in [0.25, 0.3) is 0 Å². The molecule has 1 heterocycles. The maximum atomic E-state index is 13.3. The van der Waals surface area contributed by atoms with Crippen LogP contribution in [-0.4, -0.2) is 84.8 Å². The Balaban J connectivity index is 1.96. The minimum Gasteiger partial charge on any atom is -0.460 e. The van der Waals surface area contributed by atoms with Crippen LogP contribution in [0.3, 0.4) is 0 Å². The number of imide groups is 1. The smallest absolute Gasteiger partial charge is 0.311 e. The van der Waals surface area contributed by atoms with E-state index >= 15 is 0 Å². The summed E-state index contributed by atoms with van der Waals surface area (Å²) in [5, 5.41) is 5.63. The number of likely N-dealkylation sites (tertiary alicyclic amines) is 1. The maximum Gasteiger partial charge on any atom is 0.311 e. The van der Waals surface area contributed by atoms with Crippen LogP contribution >= 0.6 is 0 Å². The van der Waals surface area contributed by atoms with Gasteiger partial charge in [0.25, 0.3) is 10.1 Å². The zero-order valence-electron chi connectivity index (χ0n) is 34.4. The molecule has 2 rings (SSSR count). The van der Waals surface area contributed by atoms with Gasteiger partial charge in [-0.3, -0.25) is 38.2 Å². The first kappa shape index (κ1) is 48.0. The molecule has 1 saturated heterocycles. The highest BCUT2D eigenvalue weighted by Gasteiger charge is 2.44. The number of ether oxygens (including phenoxy) is 2. The van der Waals surface area contributed by atoms with Crippen molar-refractivity contribution >= 4 is 51.2 Å². The second-order valence-corrected chi connectivity index (χ2v) is 18.4. The van der Waals surface area contributed by atoms with Crippen LogP contribution in [0, 0.1) is 40.4 Å². The molecule has 0 radical (unpaired) electrons. The number of esters is 1. The van der Waals surface area contributed by atoms with Gasteiger partial charge >= 0.3 is 5.97 Å². The van der Waals surface area contributed by atoms with Crippen LogP contribution in [0.1, 0.15) is 118 Å². The standard InChI is InChI=1S/C41H61N3O11S/c1-27(2)36(43-34(46)16-11-10-12-19-44-35(47)25-32(38(44)49)40(4,5)6)33(45)23-28(3)37(48)42-31-18-17-30(26-55-39(50)41(7,8)9)29(24-31)15-13-20-54-21-14-22-56(51,52)53/h17-18,24,27-28,32,36H,10-12,14,16,19-23,25-26H2,1-9H3,(H,42,48)(H,43,46)(H,51,52,53)/t28-,32?,36+/m1/s1. The van der Waals surface area contributed by atoms with Gasteiger partial charge in [0.15, 0.2) is 5.78 Å². The molecule has 14 nitrogen and oxygen atoms in total. The van der Waals surface area contributed by atoms with Gasteiger partial charge in [0, 0.05) is 55.1 Å². The number of ketones is 1. The van der Waals surface area contributed by atoms with Gasteiger partial charge in [-0.15, -0.1) is 0 Å². The average molecular weight is 804 g/mol. The lowest BCUT2D eigenvalue weighted by molar-refractivity contribution is -0.154. The van der Waals surface area contributed by atoms with Gasteiger partial charge in [-0.2, -0.15) is 8.42 Å². The summed E-state index contributed by atoms with van der Waals surface area (Å²) in [6, 6.07) is 4.11. The van der Waals surface area contributed by atoms with Crippen molar-refractivity contribution in [2.24, 2.45) is 28.6 Å². The molecular formula is C41H61N3O11S. The number of anilines is 1. The molecule has 1 unspecified atom stereocenters. The third-order valence-corrected chi connectivity index (χ3v) is 10.1. The van der Waals surface area contributed by atoms with Crippen molar-refractivity contribution in [1.29, 1.82) is 0 Å². The first-order valence-electron chi connectivity index (χ1n) is 19.2. The lowest BCUT2D eigenvalue weighted by atomic mass is 9.80. The summed E-state index contributed by atoms with van der Waals surface area (Å²) in [6.45, 7) is 16.6. The molecular weight excluding hydrogens is 743 g/mol. The van der Waals surface area contributed by atoms with Crippen molar-refractivity contribution in [1.82, 2.24) is 10.2 Å². The van der Waals surface area contributed by atoms with E-state index in [2.05, 4.69) is 22.5 Å². The second-order valence-electron chi connectivity index (χ2n) is 16.9. The Morgan fingerprint density at radius 2 is 1.68 bits per heavy atom. The topological polar surface area (TPSA) is 203 Å². The van der Waals surface area contributed by atoms with Crippen molar-refractivity contribution in [2.75, 3.05) is 30.8 Å². The van der Waals surface area contributed by atoms with Gasteiger partial charge in [-0.1, -0.05) is 65.9 Å². The monoisotopic (exact) mass is 803 g/mol. The molecule has 3 atom stereocenters. The number of nitrogens with one attached hydrogen (secondary N) is 2. The summed E-state index contributed by atoms with van der Waals surface area (Å²) in [7, 11) is -4.09. The van der Waals surface area contributed by atoms with Crippen molar-refractivity contribution < 1.29 is 51.2 Å². The summed E-state index contributed by atoms with van der Waals surface area (Å²) in [5.74, 6) is 2.33. The fourth-order valence-electron chi connectivity index (χ4n) is 5.83. The summed E-state index contributed by atoms with van der Waals surface area (Å²) in [5.41, 5.74) is 0.397. The highest BCUT2D eigenvalue weighted by molar-refractivity contribution is 7.85. The molecule has 1 aliphatic heterocycles. The lowest BCUT2D eigenvalue weighted by Gasteiger charge is -2.24. The number of carbonyl (C=O) groups is 6. The molecule has 0 bridgehead atoms. The van der Waals surface area contributed by atoms with Gasteiger partial charge in [-0.25, -0.2) is 0 Å². The molecule has 0 saturated carbocycles. The molecule has 15 heteroatoms. The number of hydrogen-bond acceptors (Lipinski definition) is 10. The Kier molecular flexibility index (Phi) is 18.4. The van der Waals surface area contributed by atoms with Gasteiger partial charge < -0.3 is 20.1 Å². The van der Waals surface area contributed by atoms with Crippen LogP contribution in [0.15, 0.2) is 18.2 Å². The summed E-state index contributed by atoms with van der Waals surface area (Å²) >= 11 is 0. The SMILES string of the molecule is CC(C)[C@H](NC(=O)CCCCCN1C(=O)CC(C(C)(C)C)C1=O)C(=O)C[C@@H](C)C(=O)Nc1ccc(COC(=O)C(C)(C)C)c(C#CCOCCCS(=O)(=O)O)c1. The number of Topliss-reactive ketones (excluding diaryl/α,β-unsaturated/α-hetero) is 1. The number of nitrogens with zero attached hydrogens (tertiary/aromatic N) is 1. The van der Waals surface area contributed by atoms with Crippen molar-refractivity contribution in [3.05, 3.63) is 29.3 Å². The Morgan fingerprint density at radius 1 is 1.00 bits per heavy atom. The minimum atomic E-state index is -4.09. The highest BCUT2D eigenvalue weighted by Crippen LogP contribution is 2.35. The quantitative estimate of drug-likeness (QED) is 0.0522. The summed E-state index contributed by atoms with van der Waals surface area (Å²) in [6.07, 6.45) is 2.11. The molecule has 1 aromatic rings. The third-order valence-electron chi connectivity index (χ3n) is 9.30. The van der Waals surface area contributed by atoms with Crippen molar-refractivity contribution in [2.45, 2.75) is 120 Å². The first-order valence-corrected chi connectivity index (χ1v) is 20.8. The number of benzene rings is 1. The molecule has 1 fully saturated rings. The molecule has 312 valence electrons. The maximum absolute atomic E-state index is 13.3. The van der Waals surface area contributed by atoms with Gasteiger partial charge in [0.2, 0.25) is 23.6 Å². The Labute approximate surface area is 332 Å². The van der Waals surface area contributed by atoms with Gasteiger partial charge in [0.05, 0.1) is 23.1 Å². The van der Waals surface area contributed by atoms with E-state index < -0.39 is 45.1 Å². The van der Waals surface area contributed by atoms with E-state index in [9.17, 15) is 37.2 Å². The fraction of sp³-hybridized carbons (Fsp3) is 0.659. The number of unbranched alkanes of at least 4 members (excludes halogenated alkanes) is 2. The molecule has 0 aliphatic carbocycles. The Hall–Kier alpha value is -4.13. The van der Waals surface area contributed by atoms with E-state index in [0.717, 1.165) is 0 Å². The summed E-state index contributed by atoms with van der Waals surface area (Å²) in [4.78, 5) is 78.3. The van der Waals surface area contributed by atoms with E-state index in [1.807, 2.05) is 34.6 Å². The Morgan fingerprint density at radius 3 is 2.27 bits per heavy atom. The minimum absolute atomic E-state index is 0.0444. The fourth-order valence-corrected chi connectivity index (χ4v) is 6.32. The first-order chi connectivity index (χ1) is 25.9. The van der Waals surface area contributed by atoms with Crippen LogP contribution in [0.5, 0.6) is 0 Å². The van der Waals surface area contributed by atoms with Crippen LogP contribution < -0.4 is 10.6 Å². The van der Waals surface area contributed by atoms with Crippen molar-refractivity contribution in [3.63, 3.8) is 0 Å². The average Bonchev–Trinajstić information content (AvgIpc) is 3.37. The lowest BCUT2D eigenvalue weighted by Crippen LogP contribution is -2.45. The van der Waals surface area contributed by atoms with Crippen LogP contribution in [0.2, 0.25) is 0 Å². The Bertz CT molecular complexity index is 1750. The largest absolute Gasteiger partial charge is 0.460 e. The zero-order valence-corrected chi connectivity index (χ0v) is 35.2. The van der Waals surface area contributed by atoms with E-state index in [-0.39, 0.29) is 86.3 Å². The molecule has 0 aromatic heterocycles. The molecule has 4 amide bonds. The van der Waals surface area contributed by atoms with E-state index in [1.165, 1.54) is 4.90 Å². The molecule has 3 N–H and O–H groups in total. The predicted octanol–water partition coefficient (Wildman–Crippen LogP) is 5.08. The van der Waals surface area contributed by atoms with E-state index in [1.54, 1.807) is 45.9 Å². The molecule has 0 spiro atoms. The number of carbonyl (C=O) groups excluding carboxylic acids is 6. The second kappa shape index (κ2) is 21.4. The van der Waals surface area contributed by atoms with Gasteiger partial charge in [0.1, 0.15) is 13.2 Å². The number of amides is 4. The zero-order chi connectivity index (χ0) is 42.4. The number of hydrogen-bond donors (Lipinski definition) is 3. The molecule has 1 aliphatic rings. The third kappa shape index (κ3) is 16.5. The number of rotatable bonds is 20. The molecule has 1 aromatic carbocycles. The normalized spacial score (nSPS) is 15.9. The van der Waals surface area contributed by atoms with Crippen LogP contribution in [-0.2, 0) is 55.0 Å². The van der Waals surface area contributed by atoms with E-state index in [0.29, 0.717) is 42.6 Å². The molecule has 56 heavy (non-hydrogen) atoms. The van der Waals surface area contributed by atoms with Crippen molar-refractivity contribution in [3.8, 4) is 11.8 Å². The highest BCUT2D eigenvalue weighted by atomic mass is 32.2. The van der Waals surface area contributed by atoms with Crippen LogP contribution in [0.4, 0.5) is 5.69 Å². The predicted molar refractivity (Wildman–Crippen MR) is 211 cm³/mol. The van der Waals surface area contributed by atoms with Gasteiger partial charge in [-0.05, 0) is 63.5 Å². The van der Waals surface area contributed by atoms with E-state index in [4.69, 9.17) is 14.0 Å².